The van der Waals surface area contributed by atoms with Gasteiger partial charge in [0.25, 0.3) is 0 Å². The number of urea groups is 3. The highest BCUT2D eigenvalue weighted by Crippen LogP contribution is 2.40. The molecule has 103 heavy (non-hydrogen) atoms. The Morgan fingerprint density at radius 1 is 0.214 bits per heavy atom. The summed E-state index contributed by atoms with van der Waals surface area (Å²) in [5, 5.41) is 27.3. The van der Waals surface area contributed by atoms with Gasteiger partial charge in [0, 0.05) is 48.3 Å². The van der Waals surface area contributed by atoms with E-state index < -0.39 is 12.1 Å². The number of para-hydroxylation sites is 4. The van der Waals surface area contributed by atoms with Gasteiger partial charge in [-0.15, -0.1) is 0 Å². The van der Waals surface area contributed by atoms with Crippen molar-refractivity contribution in [3.63, 3.8) is 0 Å². The predicted octanol–water partition coefficient (Wildman–Crippen LogP) is 17.5. The Hall–Kier alpha value is -8.03. The van der Waals surface area contributed by atoms with Gasteiger partial charge in [0.05, 0.1) is 0 Å². The highest BCUT2D eigenvalue weighted by atomic mass is 16.6. The molecule has 4 aromatic carbocycles. The highest BCUT2D eigenvalue weighted by Gasteiger charge is 2.34. The van der Waals surface area contributed by atoms with Gasteiger partial charge < -0.3 is 61.5 Å². The molecule has 20 heteroatoms. The summed E-state index contributed by atoms with van der Waals surface area (Å²) >= 11 is 0. The van der Waals surface area contributed by atoms with E-state index in [2.05, 4.69) is 47.9 Å². The SMILES string of the molecule is O=C(NC(=O)NC1CCC(CC2CCC(NC(=O)Oc3ccccc3)CC2)CC1)NC1CCC(CC2CCC(NC(=O)Oc3ccccc3)CC2)CC1.O=C(NC1CCC(CC2CCC(NC(=O)Oc3ccccc3)CC2)CC1)NC1CCC(CC2CCC(NC(=O)Oc3ccccc3)CC2)CC1. The van der Waals surface area contributed by atoms with Crippen LogP contribution in [0.5, 0.6) is 23.0 Å². The van der Waals surface area contributed by atoms with E-state index in [1.807, 2.05) is 72.8 Å². The lowest BCUT2D eigenvalue weighted by molar-refractivity contribution is 0.177. The van der Waals surface area contributed by atoms with Crippen molar-refractivity contribution in [2.75, 3.05) is 0 Å². The van der Waals surface area contributed by atoms with Crippen molar-refractivity contribution in [2.24, 2.45) is 47.3 Å². The summed E-state index contributed by atoms with van der Waals surface area (Å²) in [4.78, 5) is 87.3. The first kappa shape index (κ1) is 76.1. The summed E-state index contributed by atoms with van der Waals surface area (Å²) in [6, 6.07) is 37.4. The molecule has 8 aliphatic rings. The zero-order valence-electron chi connectivity index (χ0n) is 60.7. The molecule has 0 spiro atoms. The second-order valence-electron chi connectivity index (χ2n) is 31.8. The number of hydrogen-bond donors (Lipinski definition) is 9. The fraction of sp³-hybridized carbons (Fsp3) is 0.627. The van der Waals surface area contributed by atoms with Gasteiger partial charge in [0.1, 0.15) is 23.0 Å². The molecule has 560 valence electrons. The number of hydrogen-bond acceptors (Lipinski definition) is 11. The second-order valence-corrected chi connectivity index (χ2v) is 31.8. The maximum absolute atomic E-state index is 12.9. The minimum atomic E-state index is -0.408. The quantitative estimate of drug-likeness (QED) is 0.0402. The molecule has 10 amide bonds. The molecule has 0 atom stereocenters. The third-order valence-electron chi connectivity index (χ3n) is 24.1. The average molecular weight is 1420 g/mol. The van der Waals surface area contributed by atoms with Crippen LogP contribution in [0.15, 0.2) is 121 Å². The van der Waals surface area contributed by atoms with Gasteiger partial charge in [-0.05, 0) is 327 Å². The molecule has 12 rings (SSSR count). The molecule has 9 N–H and O–H groups in total. The van der Waals surface area contributed by atoms with Crippen LogP contribution in [0.1, 0.15) is 231 Å². The van der Waals surface area contributed by atoms with Crippen LogP contribution in [0, 0.1) is 47.3 Å². The molecular formula is C83H117N9O11. The monoisotopic (exact) mass is 1420 g/mol. The molecule has 0 aromatic heterocycles. The minimum absolute atomic E-state index is 0.0186. The van der Waals surface area contributed by atoms with Crippen LogP contribution in [-0.2, 0) is 0 Å². The van der Waals surface area contributed by atoms with Crippen LogP contribution in [0.2, 0.25) is 0 Å². The number of benzene rings is 4. The van der Waals surface area contributed by atoms with Crippen LogP contribution in [0.3, 0.4) is 0 Å². The lowest BCUT2D eigenvalue weighted by atomic mass is 9.75. The minimum Gasteiger partial charge on any atom is -0.410 e. The Labute approximate surface area is 611 Å². The first-order valence-corrected chi connectivity index (χ1v) is 39.8. The van der Waals surface area contributed by atoms with Crippen molar-refractivity contribution in [2.45, 2.75) is 279 Å². The molecular weight excluding hydrogens is 1300 g/mol. The number of imide groups is 1. The van der Waals surface area contributed by atoms with Crippen molar-refractivity contribution in [1.29, 1.82) is 0 Å². The smallest absolute Gasteiger partial charge is 0.410 e. The van der Waals surface area contributed by atoms with Crippen LogP contribution < -0.4 is 66.8 Å². The van der Waals surface area contributed by atoms with Crippen molar-refractivity contribution in [1.82, 2.24) is 47.9 Å². The van der Waals surface area contributed by atoms with Crippen molar-refractivity contribution in [3.05, 3.63) is 121 Å². The molecule has 8 fully saturated rings. The van der Waals surface area contributed by atoms with Crippen molar-refractivity contribution < 1.29 is 52.5 Å². The van der Waals surface area contributed by atoms with E-state index in [9.17, 15) is 33.6 Å². The summed E-state index contributed by atoms with van der Waals surface area (Å²) in [7, 11) is 0. The first-order chi connectivity index (χ1) is 50.3. The Morgan fingerprint density at radius 3 is 0.544 bits per heavy atom. The normalized spacial score (nSPS) is 29.3. The molecule has 0 unspecified atom stereocenters. The number of nitrogens with one attached hydrogen (secondary N) is 9. The summed E-state index contributed by atoms with van der Waals surface area (Å²) in [6.45, 7) is 0. The number of carbonyl (C=O) groups excluding carboxylic acids is 7. The van der Waals surface area contributed by atoms with E-state index in [-0.39, 0.29) is 78.7 Å². The van der Waals surface area contributed by atoms with Crippen LogP contribution >= 0.6 is 0 Å². The zero-order valence-corrected chi connectivity index (χ0v) is 60.7. The van der Waals surface area contributed by atoms with Gasteiger partial charge >= 0.3 is 42.5 Å². The van der Waals surface area contributed by atoms with Gasteiger partial charge in [-0.25, -0.2) is 33.6 Å². The van der Waals surface area contributed by atoms with Gasteiger partial charge in [-0.3, -0.25) is 5.32 Å². The lowest BCUT2D eigenvalue weighted by Gasteiger charge is -2.35. The zero-order chi connectivity index (χ0) is 71.4. The molecule has 8 saturated carbocycles. The number of ether oxygens (including phenoxy) is 4. The number of amides is 10. The molecule has 0 saturated heterocycles. The Balaban J connectivity index is 0.000000207. The number of carbonyl (C=O) groups is 7. The summed E-state index contributed by atoms with van der Waals surface area (Å²) < 4.78 is 21.6. The van der Waals surface area contributed by atoms with E-state index >= 15 is 0 Å². The van der Waals surface area contributed by atoms with Gasteiger partial charge in [-0.2, -0.15) is 0 Å². The van der Waals surface area contributed by atoms with E-state index in [4.69, 9.17) is 18.9 Å². The van der Waals surface area contributed by atoms with Crippen molar-refractivity contribution >= 4 is 42.5 Å². The second kappa shape index (κ2) is 40.3. The highest BCUT2D eigenvalue weighted by molar-refractivity contribution is 5.93. The molecule has 20 nitrogen and oxygen atoms in total. The lowest BCUT2D eigenvalue weighted by Crippen LogP contribution is -2.51. The summed E-state index contributed by atoms with van der Waals surface area (Å²) in [6.07, 6.45) is 37.7. The summed E-state index contributed by atoms with van der Waals surface area (Å²) in [5.41, 5.74) is 0. The van der Waals surface area contributed by atoms with E-state index in [1.165, 1.54) is 51.4 Å². The molecule has 0 aliphatic heterocycles. The average Bonchev–Trinajstić information content (AvgIpc) is 0.913. The molecule has 0 radical (unpaired) electrons. The standard InChI is InChI=1S/C42H59N5O6.C41H58N4O5/c48-39(43-33-19-11-29(12-20-33)27-31-15-23-35(24-16-31)45-41(50)52-37-7-3-1-4-8-37)47-40(49)44-34-21-13-30(14-22-34)28-32-17-25-36(26-18-32)46-42(51)53-38-9-5-2-6-10-38;46-39(42-33-19-11-29(12-20-33)27-31-15-23-35(24-16-31)44-40(47)49-37-7-3-1-4-8-37)43-34-21-13-30(14-22-34)28-32-17-25-36(26-18-32)45-41(48)50-38-9-5-2-6-10-38/h1-10,29-36H,11-28H2,(H,45,50)(H,46,51)(H3,43,44,47,48,49);1-10,29-36H,11-28H2,(H,44,47)(H,45,48)(H2,42,43,46). The van der Waals surface area contributed by atoms with Gasteiger partial charge in [0.15, 0.2) is 0 Å². The Kier molecular flexibility index (Phi) is 29.8. The third-order valence-corrected chi connectivity index (χ3v) is 24.1. The third kappa shape index (κ3) is 26.9. The maximum atomic E-state index is 12.9. The van der Waals surface area contributed by atoms with Crippen LogP contribution in [0.25, 0.3) is 0 Å². The summed E-state index contributed by atoms with van der Waals surface area (Å²) in [5.74, 6) is 7.89. The molecule has 0 heterocycles. The topological polar surface area (TPSA) is 265 Å². The van der Waals surface area contributed by atoms with E-state index in [1.54, 1.807) is 48.5 Å². The Bertz CT molecular complexity index is 2990. The predicted molar refractivity (Wildman–Crippen MR) is 399 cm³/mol. The first-order valence-electron chi connectivity index (χ1n) is 39.8. The maximum Gasteiger partial charge on any atom is 0.412 e. The van der Waals surface area contributed by atoms with Crippen LogP contribution in [-0.4, -0.2) is 90.8 Å². The largest absolute Gasteiger partial charge is 0.412 e. The van der Waals surface area contributed by atoms with Crippen molar-refractivity contribution in [3.8, 4) is 23.0 Å². The fourth-order valence-corrected chi connectivity index (χ4v) is 18.4. The molecule has 0 bridgehead atoms. The van der Waals surface area contributed by atoms with Gasteiger partial charge in [-0.1, -0.05) is 72.8 Å². The fourth-order valence-electron chi connectivity index (χ4n) is 18.4. The molecule has 8 aliphatic carbocycles. The van der Waals surface area contributed by atoms with Gasteiger partial charge in [0.2, 0.25) is 0 Å². The Morgan fingerprint density at radius 2 is 0.369 bits per heavy atom. The van der Waals surface area contributed by atoms with E-state index in [0.717, 1.165) is 203 Å². The van der Waals surface area contributed by atoms with E-state index in [0.29, 0.717) is 46.7 Å². The number of rotatable bonds is 20. The van der Waals surface area contributed by atoms with Crippen LogP contribution in [0.4, 0.5) is 33.6 Å². The molecule has 4 aromatic rings.